The zero-order valence-electron chi connectivity index (χ0n) is 46.0. The second kappa shape index (κ2) is 58.2. The van der Waals surface area contributed by atoms with Gasteiger partial charge in [0.25, 0.3) is 0 Å². The van der Waals surface area contributed by atoms with Crippen LogP contribution in [-0.2, 0) is 28.6 Å². The Bertz CT molecular complexity index is 1350. The first-order valence-corrected chi connectivity index (χ1v) is 29.6. The lowest BCUT2D eigenvalue weighted by Gasteiger charge is -2.18. The lowest BCUT2D eigenvalue weighted by atomic mass is 10.0. The highest BCUT2D eigenvalue weighted by Crippen LogP contribution is 2.16. The predicted molar refractivity (Wildman–Crippen MR) is 302 cm³/mol. The van der Waals surface area contributed by atoms with Crippen molar-refractivity contribution in [1.29, 1.82) is 0 Å². The summed E-state index contributed by atoms with van der Waals surface area (Å²) < 4.78 is 16.8. The summed E-state index contributed by atoms with van der Waals surface area (Å²) in [4.78, 5) is 38.2. The van der Waals surface area contributed by atoms with Crippen molar-refractivity contribution in [1.82, 2.24) is 0 Å². The van der Waals surface area contributed by atoms with E-state index >= 15 is 0 Å². The standard InChI is InChI=1S/C64H110O6/c1-4-7-10-13-16-19-22-25-28-30-32-34-36-39-42-45-48-51-54-57-63(66)69-60-61(59-68-62(65)56-53-50-47-44-41-38-35-27-24-21-18-15-12-9-6-3)70-64(67)58-55-52-49-46-43-40-37-33-31-29-26-23-20-17-14-11-8-5-2/h7,10,16,19,21,24-25,28,32,34,39,42,48,51,61H,4-6,8-9,11-15,17-18,20,22-23,26-27,29-31,33,35-38,40-41,43-47,49-50,52-60H2,1-3H3/b10-7-,19-16-,24-21-,28-25-,34-32-,42-39-,51-48-. The second-order valence-corrected chi connectivity index (χ2v) is 19.5. The number of allylic oxidation sites excluding steroid dienone is 14. The third-order valence-corrected chi connectivity index (χ3v) is 12.6. The number of esters is 3. The van der Waals surface area contributed by atoms with Gasteiger partial charge in [-0.15, -0.1) is 0 Å². The maximum Gasteiger partial charge on any atom is 0.306 e. The maximum absolute atomic E-state index is 12.9. The lowest BCUT2D eigenvalue weighted by molar-refractivity contribution is -0.166. The molecule has 1 unspecified atom stereocenters. The fraction of sp³-hybridized carbons (Fsp3) is 0.734. The van der Waals surface area contributed by atoms with E-state index in [2.05, 4.69) is 99.8 Å². The van der Waals surface area contributed by atoms with Crippen LogP contribution in [0, 0.1) is 0 Å². The molecule has 0 aromatic rings. The second-order valence-electron chi connectivity index (χ2n) is 19.5. The van der Waals surface area contributed by atoms with Gasteiger partial charge in [0.05, 0.1) is 0 Å². The largest absolute Gasteiger partial charge is 0.462 e. The molecule has 70 heavy (non-hydrogen) atoms. The van der Waals surface area contributed by atoms with E-state index in [1.807, 2.05) is 6.08 Å². The molecule has 6 nitrogen and oxygen atoms in total. The highest BCUT2D eigenvalue weighted by molar-refractivity contribution is 5.71. The molecule has 0 aromatic carbocycles. The summed E-state index contributed by atoms with van der Waals surface area (Å²) in [5.41, 5.74) is 0. The normalized spacial score (nSPS) is 12.7. The lowest BCUT2D eigenvalue weighted by Crippen LogP contribution is -2.30. The van der Waals surface area contributed by atoms with Crippen LogP contribution in [0.2, 0.25) is 0 Å². The molecule has 402 valence electrons. The first-order valence-electron chi connectivity index (χ1n) is 29.6. The number of hydrogen-bond donors (Lipinski definition) is 0. The molecule has 6 heteroatoms. The van der Waals surface area contributed by atoms with Crippen molar-refractivity contribution in [3.63, 3.8) is 0 Å². The Morgan fingerprint density at radius 1 is 0.300 bits per heavy atom. The van der Waals surface area contributed by atoms with E-state index in [9.17, 15) is 14.4 Å². The Morgan fingerprint density at radius 3 is 0.971 bits per heavy atom. The first kappa shape index (κ1) is 66.6. The predicted octanol–water partition coefficient (Wildman–Crippen LogP) is 19.9. The Balaban J connectivity index is 4.47. The van der Waals surface area contributed by atoms with E-state index in [0.717, 1.165) is 77.0 Å². The molecule has 0 N–H and O–H groups in total. The van der Waals surface area contributed by atoms with Crippen molar-refractivity contribution in [3.8, 4) is 0 Å². The molecule has 1 atom stereocenters. The zero-order chi connectivity index (χ0) is 50.7. The van der Waals surface area contributed by atoms with Gasteiger partial charge >= 0.3 is 17.9 Å². The number of unbranched alkanes of at least 4 members (excludes halogenated alkanes) is 28. The van der Waals surface area contributed by atoms with E-state index in [1.54, 1.807) is 0 Å². The van der Waals surface area contributed by atoms with Crippen molar-refractivity contribution in [2.75, 3.05) is 13.2 Å². The molecule has 0 aliphatic heterocycles. The van der Waals surface area contributed by atoms with Crippen LogP contribution in [0.3, 0.4) is 0 Å². The first-order chi connectivity index (χ1) is 34.5. The average molecular weight is 976 g/mol. The minimum Gasteiger partial charge on any atom is -0.462 e. The Kier molecular flexibility index (Phi) is 55.3. The van der Waals surface area contributed by atoms with Crippen LogP contribution in [0.25, 0.3) is 0 Å². The molecular formula is C64H110O6. The van der Waals surface area contributed by atoms with Gasteiger partial charge in [0.15, 0.2) is 6.10 Å². The molecule has 0 fully saturated rings. The van der Waals surface area contributed by atoms with Crippen molar-refractivity contribution < 1.29 is 28.6 Å². The molecular weight excluding hydrogens is 865 g/mol. The number of ether oxygens (including phenoxy) is 3. The van der Waals surface area contributed by atoms with Gasteiger partial charge in [-0.1, -0.05) is 266 Å². The van der Waals surface area contributed by atoms with E-state index in [4.69, 9.17) is 14.2 Å². The van der Waals surface area contributed by atoms with Crippen molar-refractivity contribution >= 4 is 17.9 Å². The minimum absolute atomic E-state index is 0.0999. The third-order valence-electron chi connectivity index (χ3n) is 12.6. The number of hydrogen-bond acceptors (Lipinski definition) is 6. The Labute approximate surface area is 433 Å². The molecule has 0 heterocycles. The van der Waals surface area contributed by atoms with Crippen LogP contribution < -0.4 is 0 Å². The molecule has 0 aliphatic carbocycles. The van der Waals surface area contributed by atoms with E-state index in [1.165, 1.54) is 161 Å². The van der Waals surface area contributed by atoms with Gasteiger partial charge in [-0.25, -0.2) is 0 Å². The SMILES string of the molecule is CC/C=C\C/C=C\C/C=C\C/C=C\C/C=C\C/C=C\CCC(=O)OCC(COC(=O)CCCCCCCCC/C=C\CCCCCC)OC(=O)CCCCCCCCCCCCCCCCCCCC. The van der Waals surface area contributed by atoms with E-state index in [-0.39, 0.29) is 37.5 Å². The summed E-state index contributed by atoms with van der Waals surface area (Å²) in [5, 5.41) is 0. The minimum atomic E-state index is -0.808. The Hall–Kier alpha value is -3.41. The van der Waals surface area contributed by atoms with Crippen molar-refractivity contribution in [3.05, 3.63) is 85.1 Å². The highest BCUT2D eigenvalue weighted by Gasteiger charge is 2.19. The van der Waals surface area contributed by atoms with E-state index in [0.29, 0.717) is 19.3 Å². The molecule has 0 bridgehead atoms. The fourth-order valence-electron chi connectivity index (χ4n) is 8.23. The molecule has 0 aliphatic rings. The molecule has 0 aromatic heterocycles. The van der Waals surface area contributed by atoms with Crippen LogP contribution in [0.1, 0.15) is 284 Å². The molecule has 0 radical (unpaired) electrons. The van der Waals surface area contributed by atoms with Crippen LogP contribution in [0.15, 0.2) is 85.1 Å². The topological polar surface area (TPSA) is 78.9 Å². The van der Waals surface area contributed by atoms with Crippen LogP contribution in [-0.4, -0.2) is 37.2 Å². The smallest absolute Gasteiger partial charge is 0.306 e. The maximum atomic E-state index is 12.9. The van der Waals surface area contributed by atoms with Crippen molar-refractivity contribution in [2.24, 2.45) is 0 Å². The van der Waals surface area contributed by atoms with Gasteiger partial charge in [-0.05, 0) is 83.5 Å². The van der Waals surface area contributed by atoms with Gasteiger partial charge in [0.1, 0.15) is 13.2 Å². The summed E-state index contributed by atoms with van der Waals surface area (Å²) in [6.07, 6.45) is 75.9. The molecule has 0 rings (SSSR count). The van der Waals surface area contributed by atoms with Gasteiger partial charge in [0.2, 0.25) is 0 Å². The van der Waals surface area contributed by atoms with Crippen LogP contribution in [0.5, 0.6) is 0 Å². The highest BCUT2D eigenvalue weighted by atomic mass is 16.6. The van der Waals surface area contributed by atoms with Crippen LogP contribution in [0.4, 0.5) is 0 Å². The fourth-order valence-corrected chi connectivity index (χ4v) is 8.23. The van der Waals surface area contributed by atoms with Gasteiger partial charge in [0, 0.05) is 19.3 Å². The molecule has 0 saturated carbocycles. The average Bonchev–Trinajstić information content (AvgIpc) is 3.36. The van der Waals surface area contributed by atoms with Gasteiger partial charge < -0.3 is 14.2 Å². The monoisotopic (exact) mass is 975 g/mol. The Morgan fingerprint density at radius 2 is 0.586 bits per heavy atom. The summed E-state index contributed by atoms with van der Waals surface area (Å²) in [6.45, 7) is 6.47. The molecule has 0 amide bonds. The van der Waals surface area contributed by atoms with E-state index < -0.39 is 6.10 Å². The quantitative estimate of drug-likeness (QED) is 0.0261. The molecule has 0 spiro atoms. The summed E-state index contributed by atoms with van der Waals surface area (Å²) in [7, 11) is 0. The van der Waals surface area contributed by atoms with Crippen LogP contribution >= 0.6 is 0 Å². The number of carbonyl (C=O) groups is 3. The van der Waals surface area contributed by atoms with Crippen molar-refractivity contribution in [2.45, 2.75) is 290 Å². The molecule has 0 saturated heterocycles. The van der Waals surface area contributed by atoms with Gasteiger partial charge in [-0.2, -0.15) is 0 Å². The summed E-state index contributed by atoms with van der Waals surface area (Å²) >= 11 is 0. The number of carbonyl (C=O) groups excluding carboxylic acids is 3. The summed E-state index contributed by atoms with van der Waals surface area (Å²) in [5.74, 6) is -0.982. The summed E-state index contributed by atoms with van der Waals surface area (Å²) in [6, 6.07) is 0. The number of rotatable bonds is 53. The van der Waals surface area contributed by atoms with Gasteiger partial charge in [-0.3, -0.25) is 14.4 Å². The zero-order valence-corrected chi connectivity index (χ0v) is 46.0. The third kappa shape index (κ3) is 55.5.